The zero-order valence-electron chi connectivity index (χ0n) is 3.44. The predicted molar refractivity (Wildman–Crippen MR) is 18.8 cm³/mol. The third kappa shape index (κ3) is 302. The first-order chi connectivity index (χ1) is 3.46. The third-order valence-corrected chi connectivity index (χ3v) is 0. The van der Waals surface area contributed by atoms with Crippen LogP contribution in [0, 0.1) is 4.78 Å². The second kappa shape index (κ2) is 6.41. The van der Waals surface area contributed by atoms with E-state index in [-0.39, 0.29) is 0 Å². The minimum atomic E-state index is -3.67. The molecule has 0 heterocycles. The van der Waals surface area contributed by atoms with Crippen LogP contribution in [0.5, 0.6) is 0 Å². The van der Waals surface area contributed by atoms with Crippen molar-refractivity contribution in [1.29, 1.82) is 4.78 Å². The number of hydrogen-bond donors (Lipinski definition) is 1. The van der Waals surface area contributed by atoms with Crippen molar-refractivity contribution in [3.8, 4) is 0 Å². The molecule has 0 aromatic rings. The molecule has 0 spiro atoms. The third-order valence-electron chi connectivity index (χ3n) is 0. The van der Waals surface area contributed by atoms with Gasteiger partial charge in [0.05, 0.1) is 0 Å². The molecule has 0 saturated heterocycles. The fourth-order valence-corrected chi connectivity index (χ4v) is 0. The van der Waals surface area contributed by atoms with Crippen LogP contribution in [0.3, 0.4) is 0 Å². The van der Waals surface area contributed by atoms with Gasteiger partial charge >= 0.3 is 17.2 Å². The topological polar surface area (TPSA) is 58.0 Å². The molecule has 7 heteroatoms. The molecule has 1 N–H and O–H groups in total. The van der Waals surface area contributed by atoms with Gasteiger partial charge in [-0.2, -0.15) is 26.4 Å². The van der Waals surface area contributed by atoms with Gasteiger partial charge in [-0.3, -0.25) is 0 Å². The first-order valence-corrected chi connectivity index (χ1v) is 2.27. The van der Waals surface area contributed by atoms with E-state index in [1.54, 1.807) is 0 Å². The largest absolute Gasteiger partial charge is 0.379 e. The minimum Gasteiger partial charge on any atom is -0.188 e. The zero-order valence-corrected chi connectivity index (χ0v) is 4.25. The summed E-state index contributed by atoms with van der Waals surface area (Å²) in [5.41, 5.74) is 0. The van der Waals surface area contributed by atoms with Crippen molar-refractivity contribution in [1.82, 2.24) is 0 Å². The molecule has 50 valence electrons. The first-order valence-electron chi connectivity index (χ1n) is 1.19. The SMILES string of the molecule is FC(F)F.N=S(=O)=O. The maximum absolute atomic E-state index is 9.67. The van der Waals surface area contributed by atoms with Crippen LogP contribution >= 0.6 is 0 Å². The highest BCUT2D eigenvalue weighted by Gasteiger charge is 1.86. The second-order valence-corrected chi connectivity index (χ2v) is 0.952. The molecule has 0 amide bonds. The molecule has 0 aliphatic rings. The molecule has 0 aromatic carbocycles. The highest BCUT2D eigenvalue weighted by atomic mass is 32.2. The maximum atomic E-state index is 9.67. The normalized spacial score (nSPS) is 7.50. The van der Waals surface area contributed by atoms with Crippen molar-refractivity contribution in [2.75, 3.05) is 0 Å². The Balaban J connectivity index is 0. The quantitative estimate of drug-likeness (QED) is 0.553. The molecule has 0 atom stereocenters. The second-order valence-electron chi connectivity index (χ2n) is 0.482. The molecule has 8 heavy (non-hydrogen) atoms. The molecule has 0 saturated carbocycles. The van der Waals surface area contributed by atoms with Crippen molar-refractivity contribution in [3.05, 3.63) is 0 Å². The molecule has 0 fully saturated rings. The lowest BCUT2D eigenvalue weighted by Gasteiger charge is -1.65. The summed E-state index contributed by atoms with van der Waals surface area (Å²) in [7, 11) is -2.61. The number of hydrogen-bond acceptors (Lipinski definition) is 3. The van der Waals surface area contributed by atoms with Crippen LogP contribution in [0.25, 0.3) is 0 Å². The molecule has 0 rings (SSSR count). The Labute approximate surface area is 44.6 Å². The molecule has 3 nitrogen and oxygen atoms in total. The Bertz CT molecular complexity index is 115. The van der Waals surface area contributed by atoms with Crippen LogP contribution in [0.2, 0.25) is 0 Å². The van der Waals surface area contributed by atoms with Crippen LogP contribution in [0.1, 0.15) is 0 Å². The van der Waals surface area contributed by atoms with Crippen LogP contribution in [0.4, 0.5) is 13.2 Å². The molecule has 0 aliphatic carbocycles. The summed E-state index contributed by atoms with van der Waals surface area (Å²) in [6.45, 7) is -3.67. The highest BCUT2D eigenvalue weighted by Crippen LogP contribution is 1.87. The molecular weight excluding hydrogens is 147 g/mol. The summed E-state index contributed by atoms with van der Waals surface area (Å²) in [6.07, 6.45) is 0. The van der Waals surface area contributed by atoms with Crippen LogP contribution < -0.4 is 0 Å². The highest BCUT2D eigenvalue weighted by molar-refractivity contribution is 7.60. The van der Waals surface area contributed by atoms with E-state index in [0.29, 0.717) is 0 Å². The zero-order chi connectivity index (χ0) is 7.15. The van der Waals surface area contributed by atoms with Gasteiger partial charge in [-0.25, -0.2) is 0 Å². The monoisotopic (exact) mass is 149 g/mol. The lowest BCUT2D eigenvalue weighted by Crippen LogP contribution is -1.65. The Morgan fingerprint density at radius 3 is 1.25 bits per heavy atom. The Morgan fingerprint density at radius 1 is 1.25 bits per heavy atom. The van der Waals surface area contributed by atoms with E-state index in [4.69, 9.17) is 13.2 Å². The van der Waals surface area contributed by atoms with Crippen LogP contribution in [-0.4, -0.2) is 15.1 Å². The van der Waals surface area contributed by atoms with Crippen LogP contribution in [-0.2, 0) is 10.5 Å². The van der Waals surface area contributed by atoms with Gasteiger partial charge in [-0.1, -0.05) is 0 Å². The molecular formula is CH2F3NO2S. The maximum Gasteiger partial charge on any atom is 0.379 e. The lowest BCUT2D eigenvalue weighted by atomic mass is 11.6. The molecule has 0 aliphatic heterocycles. The smallest absolute Gasteiger partial charge is 0.188 e. The van der Waals surface area contributed by atoms with Gasteiger partial charge in [-0.15, -0.1) is 0 Å². The van der Waals surface area contributed by atoms with E-state index in [0.717, 1.165) is 0 Å². The summed E-state index contributed by atoms with van der Waals surface area (Å²) in [5, 5.41) is 0. The molecule has 0 aromatic heterocycles. The van der Waals surface area contributed by atoms with Gasteiger partial charge in [0.1, 0.15) is 0 Å². The van der Waals surface area contributed by atoms with Crippen molar-refractivity contribution in [2.24, 2.45) is 0 Å². The fraction of sp³-hybridized carbons (Fsp3) is 1.00. The van der Waals surface area contributed by atoms with E-state index >= 15 is 0 Å². The summed E-state index contributed by atoms with van der Waals surface area (Å²) in [4.78, 5) is 0. The average Bonchev–Trinajstić information content (AvgIpc) is 1.25. The molecule has 0 bridgehead atoms. The van der Waals surface area contributed by atoms with Crippen LogP contribution in [0.15, 0.2) is 0 Å². The van der Waals surface area contributed by atoms with E-state index < -0.39 is 17.2 Å². The van der Waals surface area contributed by atoms with Crippen molar-refractivity contribution >= 4 is 10.5 Å². The summed E-state index contributed by atoms with van der Waals surface area (Å²) in [5.74, 6) is 0. The van der Waals surface area contributed by atoms with Gasteiger partial charge in [0.2, 0.25) is 0 Å². The minimum absolute atomic E-state index is 2.61. The Morgan fingerprint density at radius 2 is 1.25 bits per heavy atom. The van der Waals surface area contributed by atoms with Gasteiger partial charge in [0, 0.05) is 0 Å². The van der Waals surface area contributed by atoms with Gasteiger partial charge < -0.3 is 0 Å². The fourth-order valence-electron chi connectivity index (χ4n) is 0. The predicted octanol–water partition coefficient (Wildman–Crippen LogP) is 0.806. The van der Waals surface area contributed by atoms with Gasteiger partial charge in [-0.05, 0) is 0 Å². The standard InChI is InChI=1S/CHF3.HNO2S/c2-1(3)4;1-4(2)3/h2*1H. The van der Waals surface area contributed by atoms with Gasteiger partial charge in [0.25, 0.3) is 0 Å². The number of nitrogens with one attached hydrogen (secondary N) is 1. The van der Waals surface area contributed by atoms with Crippen molar-refractivity contribution in [3.63, 3.8) is 0 Å². The molecule has 0 radical (unpaired) electrons. The van der Waals surface area contributed by atoms with E-state index in [2.05, 4.69) is 0 Å². The number of rotatable bonds is 0. The van der Waals surface area contributed by atoms with E-state index in [1.165, 1.54) is 0 Å². The van der Waals surface area contributed by atoms with E-state index in [9.17, 15) is 13.2 Å². The average molecular weight is 149 g/mol. The van der Waals surface area contributed by atoms with E-state index in [1.807, 2.05) is 0 Å². The number of halogens is 3. The first kappa shape index (κ1) is 10.4. The number of alkyl halides is 3. The summed E-state index contributed by atoms with van der Waals surface area (Å²) >= 11 is 0. The summed E-state index contributed by atoms with van der Waals surface area (Å²) < 4.78 is 51.8. The van der Waals surface area contributed by atoms with Gasteiger partial charge in [0.15, 0.2) is 0 Å². The molecule has 0 unspecified atom stereocenters. The summed E-state index contributed by atoms with van der Waals surface area (Å²) in [6, 6.07) is 0. The Kier molecular flexibility index (Phi) is 8.34. The van der Waals surface area contributed by atoms with Crippen molar-refractivity contribution in [2.45, 2.75) is 6.68 Å². The van der Waals surface area contributed by atoms with Crippen molar-refractivity contribution < 1.29 is 21.6 Å². The lowest BCUT2D eigenvalue weighted by molar-refractivity contribution is 0.00819. The Hall–Kier alpha value is -0.590.